The van der Waals surface area contributed by atoms with E-state index >= 15 is 0 Å². The molecule has 15 heavy (non-hydrogen) atoms. The van der Waals surface area contributed by atoms with Gasteiger partial charge in [0, 0.05) is 12.5 Å². The summed E-state index contributed by atoms with van der Waals surface area (Å²) in [6, 6.07) is 0. The third kappa shape index (κ3) is 3.77. The summed E-state index contributed by atoms with van der Waals surface area (Å²) in [5.74, 6) is -0.952. The van der Waals surface area contributed by atoms with Crippen molar-refractivity contribution in [2.45, 2.75) is 20.3 Å². The van der Waals surface area contributed by atoms with E-state index in [0.29, 0.717) is 6.42 Å². The number of hydrogen-bond acceptors (Lipinski definition) is 5. The van der Waals surface area contributed by atoms with Gasteiger partial charge in [0.05, 0.1) is 10.6 Å². The number of nitro groups is 1. The minimum absolute atomic E-state index is 0.119. The second kappa shape index (κ2) is 5.76. The molecular formula is C8H12N3O4-. The summed E-state index contributed by atoms with van der Waals surface area (Å²) in [7, 11) is 0. The summed E-state index contributed by atoms with van der Waals surface area (Å²) in [5.41, 5.74) is 5.97. The van der Waals surface area contributed by atoms with Crippen molar-refractivity contribution < 1.29 is 9.72 Å². The van der Waals surface area contributed by atoms with Gasteiger partial charge in [-0.15, -0.1) is 0 Å². The van der Waals surface area contributed by atoms with Gasteiger partial charge in [-0.05, 0) is 12.5 Å². The molecule has 0 atom stereocenters. The number of hydrogen-bond donors (Lipinski definition) is 2. The number of amides is 1. The second-order valence-corrected chi connectivity index (χ2v) is 2.75. The molecule has 3 N–H and O–H groups in total. The molecule has 0 aromatic rings. The first-order valence-electron chi connectivity index (χ1n) is 4.17. The van der Waals surface area contributed by atoms with Crippen LogP contribution in [0.3, 0.4) is 0 Å². The van der Waals surface area contributed by atoms with E-state index in [4.69, 9.17) is 5.73 Å². The highest BCUT2D eigenvalue weighted by atomic mass is 16.6. The molecule has 0 radical (unpaired) electrons. The molecule has 0 aromatic heterocycles. The maximum absolute atomic E-state index is 10.7. The molecule has 0 saturated carbocycles. The van der Waals surface area contributed by atoms with Gasteiger partial charge in [-0.3, -0.25) is 14.9 Å². The zero-order valence-corrected chi connectivity index (χ0v) is 8.44. The van der Waals surface area contributed by atoms with Crippen LogP contribution in [0, 0.1) is 15.3 Å². The molecular weight excluding hydrogens is 202 g/mol. The van der Waals surface area contributed by atoms with E-state index in [1.165, 1.54) is 12.4 Å². The predicted octanol–water partition coefficient (Wildman–Crippen LogP) is 0.404. The predicted molar refractivity (Wildman–Crippen MR) is 53.8 cm³/mol. The van der Waals surface area contributed by atoms with Crippen LogP contribution in [-0.2, 0) is 4.79 Å². The van der Waals surface area contributed by atoms with E-state index in [1.54, 1.807) is 6.92 Å². The Hall–Kier alpha value is -1.89. The van der Waals surface area contributed by atoms with Gasteiger partial charge in [0.1, 0.15) is 0 Å². The topological polar surface area (TPSA) is 121 Å². The van der Waals surface area contributed by atoms with Crippen molar-refractivity contribution in [1.82, 2.24) is 5.48 Å². The number of rotatable bonds is 5. The Kier molecular flexibility index (Phi) is 5.03. The Morgan fingerprint density at radius 3 is 2.40 bits per heavy atom. The van der Waals surface area contributed by atoms with Crippen molar-refractivity contribution in [2.75, 3.05) is 0 Å². The fourth-order valence-electron chi connectivity index (χ4n) is 0.905. The second-order valence-electron chi connectivity index (χ2n) is 2.75. The van der Waals surface area contributed by atoms with Crippen LogP contribution in [0.25, 0.3) is 0 Å². The monoisotopic (exact) mass is 214 g/mol. The van der Waals surface area contributed by atoms with Gasteiger partial charge in [0.2, 0.25) is 5.70 Å². The molecule has 0 spiro atoms. The van der Waals surface area contributed by atoms with Gasteiger partial charge in [0.15, 0.2) is 0 Å². The van der Waals surface area contributed by atoms with Gasteiger partial charge in [-0.25, -0.2) is 0 Å². The quantitative estimate of drug-likeness (QED) is 0.297. The van der Waals surface area contributed by atoms with E-state index in [9.17, 15) is 20.1 Å². The lowest BCUT2D eigenvalue weighted by Gasteiger charge is -2.11. The molecule has 0 bridgehead atoms. The van der Waals surface area contributed by atoms with Crippen LogP contribution in [0.15, 0.2) is 23.0 Å². The summed E-state index contributed by atoms with van der Waals surface area (Å²) < 4.78 is 0. The highest BCUT2D eigenvalue weighted by Crippen LogP contribution is 2.12. The molecule has 1 amide bonds. The molecule has 7 heteroatoms. The average Bonchev–Trinajstić information content (AvgIpc) is 2.18. The van der Waals surface area contributed by atoms with Crippen LogP contribution in [0.4, 0.5) is 0 Å². The average molecular weight is 214 g/mol. The van der Waals surface area contributed by atoms with Crippen molar-refractivity contribution in [3.8, 4) is 0 Å². The largest absolute Gasteiger partial charge is 0.761 e. The number of nitrogens with two attached hydrogens (primary N) is 1. The lowest BCUT2D eigenvalue weighted by Crippen LogP contribution is -2.22. The van der Waals surface area contributed by atoms with Crippen LogP contribution in [-0.4, -0.2) is 10.8 Å². The molecule has 7 nitrogen and oxygen atoms in total. The fraction of sp³-hybridized carbons (Fsp3) is 0.375. The maximum atomic E-state index is 10.7. The van der Waals surface area contributed by atoms with Gasteiger partial charge in [0.25, 0.3) is 5.91 Å². The third-order valence-corrected chi connectivity index (χ3v) is 1.81. The Labute approximate surface area is 86.4 Å². The normalized spacial score (nSPS) is 13.1. The van der Waals surface area contributed by atoms with E-state index < -0.39 is 16.5 Å². The SMILES string of the molecule is CCC(C=C(N[O-])C(N)=O)=C(C)[N+](=O)[O-]. The summed E-state index contributed by atoms with van der Waals surface area (Å²) in [6.07, 6.45) is 1.42. The summed E-state index contributed by atoms with van der Waals surface area (Å²) in [6.45, 7) is 2.96. The number of hydroxylamine groups is 1. The maximum Gasteiger partial charge on any atom is 0.263 e. The Morgan fingerprint density at radius 1 is 1.60 bits per heavy atom. The molecule has 0 aromatic carbocycles. The molecule has 84 valence electrons. The number of carbonyl (C=O) groups is 1. The van der Waals surface area contributed by atoms with E-state index in [0.717, 1.165) is 6.08 Å². The molecule has 0 fully saturated rings. The summed E-state index contributed by atoms with van der Waals surface area (Å²) in [4.78, 5) is 20.5. The number of carbonyl (C=O) groups excluding carboxylic acids is 1. The van der Waals surface area contributed by atoms with Crippen LogP contribution < -0.4 is 11.2 Å². The van der Waals surface area contributed by atoms with Crippen LogP contribution >= 0.6 is 0 Å². The highest BCUT2D eigenvalue weighted by molar-refractivity contribution is 5.91. The Bertz CT molecular complexity index is 333. The van der Waals surface area contributed by atoms with Crippen LogP contribution in [0.1, 0.15) is 20.3 Å². The lowest BCUT2D eigenvalue weighted by molar-refractivity contribution is -0.425. The number of nitrogens with zero attached hydrogens (tertiary/aromatic N) is 1. The molecule has 0 aliphatic heterocycles. The van der Waals surface area contributed by atoms with Crippen LogP contribution in [0.2, 0.25) is 0 Å². The zero-order chi connectivity index (χ0) is 12.0. The molecule has 0 saturated heterocycles. The molecule has 0 unspecified atom stereocenters. The lowest BCUT2D eigenvalue weighted by atomic mass is 10.1. The van der Waals surface area contributed by atoms with Crippen molar-refractivity contribution in [2.24, 2.45) is 5.73 Å². The van der Waals surface area contributed by atoms with E-state index in [1.807, 2.05) is 0 Å². The third-order valence-electron chi connectivity index (χ3n) is 1.81. The van der Waals surface area contributed by atoms with Gasteiger partial charge >= 0.3 is 0 Å². The number of primary amides is 1. The molecule has 0 aliphatic carbocycles. The Balaban J connectivity index is 5.25. The van der Waals surface area contributed by atoms with Gasteiger partial charge in [-0.1, -0.05) is 6.92 Å². The van der Waals surface area contributed by atoms with Crippen molar-refractivity contribution in [1.29, 1.82) is 0 Å². The minimum Gasteiger partial charge on any atom is -0.761 e. The number of nitrogens with one attached hydrogen (secondary N) is 1. The Morgan fingerprint density at radius 2 is 2.13 bits per heavy atom. The molecule has 0 rings (SSSR count). The fourth-order valence-corrected chi connectivity index (χ4v) is 0.905. The number of allylic oxidation sites excluding steroid dienone is 3. The minimum atomic E-state index is -0.952. The van der Waals surface area contributed by atoms with Crippen molar-refractivity contribution in [3.05, 3.63) is 38.4 Å². The smallest absolute Gasteiger partial charge is 0.263 e. The van der Waals surface area contributed by atoms with Crippen molar-refractivity contribution >= 4 is 5.91 Å². The van der Waals surface area contributed by atoms with Crippen molar-refractivity contribution in [3.63, 3.8) is 0 Å². The van der Waals surface area contributed by atoms with E-state index in [-0.39, 0.29) is 11.3 Å². The van der Waals surface area contributed by atoms with E-state index in [2.05, 4.69) is 0 Å². The standard InChI is InChI=1S/C8H12N3O4/c1-3-6(5(2)11(14)15)4-7(10-13)8(9)12/h4,10H,3H2,1-2H3,(H2,9,12)/q-1. The summed E-state index contributed by atoms with van der Waals surface area (Å²) >= 11 is 0. The van der Waals surface area contributed by atoms with Gasteiger partial charge in [-0.2, -0.15) is 0 Å². The first kappa shape index (κ1) is 13.1. The highest BCUT2D eigenvalue weighted by Gasteiger charge is 2.10. The zero-order valence-electron chi connectivity index (χ0n) is 8.44. The first-order chi connectivity index (χ1) is 6.93. The van der Waals surface area contributed by atoms with Gasteiger partial charge < -0.3 is 16.4 Å². The molecule has 0 heterocycles. The summed E-state index contributed by atoms with van der Waals surface area (Å²) in [5, 5.41) is 20.7. The van der Waals surface area contributed by atoms with Crippen LogP contribution in [0.5, 0.6) is 0 Å². The molecule has 0 aliphatic rings. The first-order valence-corrected chi connectivity index (χ1v) is 4.17.